The molecule has 1 aliphatic rings. The van der Waals surface area contributed by atoms with Crippen molar-refractivity contribution in [1.29, 1.82) is 0 Å². The minimum absolute atomic E-state index is 0.261. The Morgan fingerprint density at radius 3 is 2.60 bits per heavy atom. The van der Waals surface area contributed by atoms with E-state index in [9.17, 15) is 8.42 Å². The fourth-order valence-electron chi connectivity index (χ4n) is 2.55. The second kappa shape index (κ2) is 6.74. The SMILES string of the molecule is CCCS(=O)(=O)N1CCC(NCc2ccc(C)o2)CC1. The van der Waals surface area contributed by atoms with Crippen molar-refractivity contribution in [2.45, 2.75) is 45.7 Å². The van der Waals surface area contributed by atoms with Gasteiger partial charge in [0.25, 0.3) is 0 Å². The van der Waals surface area contributed by atoms with Crippen LogP contribution in [0.3, 0.4) is 0 Å². The Bertz CT molecular complexity index is 516. The van der Waals surface area contributed by atoms with Crippen molar-refractivity contribution in [2.24, 2.45) is 0 Å². The first-order valence-corrected chi connectivity index (χ1v) is 8.88. The highest BCUT2D eigenvalue weighted by Crippen LogP contribution is 2.16. The quantitative estimate of drug-likeness (QED) is 0.871. The van der Waals surface area contributed by atoms with Gasteiger partial charge in [0.1, 0.15) is 11.5 Å². The molecule has 0 radical (unpaired) electrons. The molecule has 0 aliphatic carbocycles. The monoisotopic (exact) mass is 300 g/mol. The van der Waals surface area contributed by atoms with E-state index in [0.717, 1.165) is 24.4 Å². The Kier molecular flexibility index (Phi) is 5.23. The zero-order chi connectivity index (χ0) is 14.6. The molecular formula is C14H24N2O3S. The van der Waals surface area contributed by atoms with Crippen molar-refractivity contribution in [2.75, 3.05) is 18.8 Å². The van der Waals surface area contributed by atoms with E-state index in [2.05, 4.69) is 5.32 Å². The molecule has 1 aromatic heterocycles. The average Bonchev–Trinajstić information content (AvgIpc) is 2.83. The molecule has 1 saturated heterocycles. The third-order valence-electron chi connectivity index (χ3n) is 3.67. The van der Waals surface area contributed by atoms with Gasteiger partial charge in [-0.3, -0.25) is 0 Å². The highest BCUT2D eigenvalue weighted by molar-refractivity contribution is 7.89. The van der Waals surface area contributed by atoms with Crippen LogP contribution in [0, 0.1) is 6.92 Å². The summed E-state index contributed by atoms with van der Waals surface area (Å²) in [6.07, 6.45) is 2.41. The fourth-order valence-corrected chi connectivity index (χ4v) is 4.09. The molecule has 1 N–H and O–H groups in total. The van der Waals surface area contributed by atoms with Crippen molar-refractivity contribution in [3.8, 4) is 0 Å². The molecule has 5 nitrogen and oxygen atoms in total. The first kappa shape index (κ1) is 15.5. The first-order valence-electron chi connectivity index (χ1n) is 7.28. The molecule has 1 aliphatic heterocycles. The van der Waals surface area contributed by atoms with E-state index in [-0.39, 0.29) is 5.75 Å². The summed E-state index contributed by atoms with van der Waals surface area (Å²) in [5.74, 6) is 2.11. The molecule has 0 amide bonds. The van der Waals surface area contributed by atoms with E-state index >= 15 is 0 Å². The Balaban J connectivity index is 1.77. The Morgan fingerprint density at radius 2 is 2.05 bits per heavy atom. The number of hydrogen-bond acceptors (Lipinski definition) is 4. The normalized spacial score (nSPS) is 18.5. The van der Waals surface area contributed by atoms with E-state index in [1.54, 1.807) is 4.31 Å². The number of nitrogens with one attached hydrogen (secondary N) is 1. The molecule has 20 heavy (non-hydrogen) atoms. The van der Waals surface area contributed by atoms with Crippen molar-refractivity contribution < 1.29 is 12.8 Å². The summed E-state index contributed by atoms with van der Waals surface area (Å²) in [6.45, 7) is 5.78. The smallest absolute Gasteiger partial charge is 0.214 e. The topological polar surface area (TPSA) is 62.6 Å². The lowest BCUT2D eigenvalue weighted by Gasteiger charge is -2.31. The van der Waals surface area contributed by atoms with Crippen molar-refractivity contribution in [1.82, 2.24) is 9.62 Å². The van der Waals surface area contributed by atoms with Crippen LogP contribution in [0.4, 0.5) is 0 Å². The van der Waals surface area contributed by atoms with Crippen molar-refractivity contribution in [3.63, 3.8) is 0 Å². The predicted molar refractivity (Wildman–Crippen MR) is 79.0 cm³/mol. The summed E-state index contributed by atoms with van der Waals surface area (Å²) in [6, 6.07) is 4.30. The van der Waals surface area contributed by atoms with Crippen LogP contribution < -0.4 is 5.32 Å². The second-order valence-electron chi connectivity index (χ2n) is 5.38. The highest BCUT2D eigenvalue weighted by Gasteiger charge is 2.26. The highest BCUT2D eigenvalue weighted by atomic mass is 32.2. The number of nitrogens with zero attached hydrogens (tertiary/aromatic N) is 1. The average molecular weight is 300 g/mol. The molecule has 114 valence electrons. The van der Waals surface area contributed by atoms with E-state index < -0.39 is 10.0 Å². The van der Waals surface area contributed by atoms with Crippen molar-refractivity contribution >= 4 is 10.0 Å². The number of piperidine rings is 1. The fraction of sp³-hybridized carbons (Fsp3) is 0.714. The minimum Gasteiger partial charge on any atom is -0.465 e. The Morgan fingerprint density at radius 1 is 1.35 bits per heavy atom. The molecule has 2 heterocycles. The van der Waals surface area contributed by atoms with Gasteiger partial charge in [0, 0.05) is 19.1 Å². The van der Waals surface area contributed by atoms with Gasteiger partial charge < -0.3 is 9.73 Å². The van der Waals surface area contributed by atoms with Gasteiger partial charge in [-0.05, 0) is 38.3 Å². The molecule has 2 rings (SSSR count). The van der Waals surface area contributed by atoms with Crippen LogP contribution >= 0.6 is 0 Å². The van der Waals surface area contributed by atoms with Gasteiger partial charge in [0.05, 0.1) is 12.3 Å². The van der Waals surface area contributed by atoms with Crippen LogP contribution in [0.1, 0.15) is 37.7 Å². The second-order valence-corrected chi connectivity index (χ2v) is 7.47. The minimum atomic E-state index is -3.03. The van der Waals surface area contributed by atoms with Gasteiger partial charge in [-0.25, -0.2) is 12.7 Å². The third kappa shape index (κ3) is 4.07. The molecular weight excluding hydrogens is 276 g/mol. The van der Waals surface area contributed by atoms with E-state index in [1.165, 1.54) is 0 Å². The van der Waals surface area contributed by atoms with Gasteiger partial charge in [-0.2, -0.15) is 0 Å². The summed E-state index contributed by atoms with van der Waals surface area (Å²) in [5, 5.41) is 3.44. The largest absolute Gasteiger partial charge is 0.465 e. The lowest BCUT2D eigenvalue weighted by Crippen LogP contribution is -2.45. The number of hydrogen-bond donors (Lipinski definition) is 1. The molecule has 0 unspecified atom stereocenters. The lowest BCUT2D eigenvalue weighted by molar-refractivity contribution is 0.283. The first-order chi connectivity index (χ1) is 9.51. The van der Waals surface area contributed by atoms with Gasteiger partial charge in [0.15, 0.2) is 0 Å². The van der Waals surface area contributed by atoms with Gasteiger partial charge in [-0.15, -0.1) is 0 Å². The molecule has 1 aromatic rings. The molecule has 1 fully saturated rings. The summed E-state index contributed by atoms with van der Waals surface area (Å²) in [4.78, 5) is 0. The maximum atomic E-state index is 12.0. The molecule has 0 spiro atoms. The van der Waals surface area contributed by atoms with Crippen LogP contribution in [-0.2, 0) is 16.6 Å². The standard InChI is InChI=1S/C14H24N2O3S/c1-3-10-20(17,18)16-8-6-13(7-9-16)15-11-14-5-4-12(2)19-14/h4-5,13,15H,3,6-11H2,1-2H3. The van der Waals surface area contributed by atoms with Crippen molar-refractivity contribution in [3.05, 3.63) is 23.7 Å². The van der Waals surface area contributed by atoms with E-state index in [4.69, 9.17) is 4.42 Å². The van der Waals surface area contributed by atoms with Crippen LogP contribution in [-0.4, -0.2) is 37.6 Å². The Hall–Kier alpha value is -0.850. The third-order valence-corrected chi connectivity index (χ3v) is 5.75. The molecule has 0 atom stereocenters. The Labute approximate surface area is 121 Å². The number of aryl methyl sites for hydroxylation is 1. The lowest BCUT2D eigenvalue weighted by atomic mass is 10.1. The van der Waals surface area contributed by atoms with Crippen LogP contribution in [0.2, 0.25) is 0 Å². The summed E-state index contributed by atoms with van der Waals surface area (Å²) >= 11 is 0. The van der Waals surface area contributed by atoms with Gasteiger partial charge >= 0.3 is 0 Å². The maximum absolute atomic E-state index is 12.0. The van der Waals surface area contributed by atoms with Crippen LogP contribution in [0.5, 0.6) is 0 Å². The summed E-state index contributed by atoms with van der Waals surface area (Å²) < 4.78 is 31.1. The molecule has 0 aromatic carbocycles. The zero-order valence-corrected chi connectivity index (χ0v) is 13.1. The van der Waals surface area contributed by atoms with Gasteiger partial charge in [0.2, 0.25) is 10.0 Å². The van der Waals surface area contributed by atoms with E-state index in [0.29, 0.717) is 32.1 Å². The number of rotatable bonds is 6. The number of furan rings is 1. The summed E-state index contributed by atoms with van der Waals surface area (Å²) in [5.41, 5.74) is 0. The maximum Gasteiger partial charge on any atom is 0.214 e. The molecule has 0 saturated carbocycles. The summed E-state index contributed by atoms with van der Waals surface area (Å²) in [7, 11) is -3.03. The van der Waals surface area contributed by atoms with Crippen LogP contribution in [0.15, 0.2) is 16.5 Å². The van der Waals surface area contributed by atoms with E-state index in [1.807, 2.05) is 26.0 Å². The predicted octanol–water partition coefficient (Wildman–Crippen LogP) is 1.88. The molecule has 6 heteroatoms. The molecule has 0 bridgehead atoms. The van der Waals surface area contributed by atoms with Gasteiger partial charge in [-0.1, -0.05) is 6.92 Å². The zero-order valence-electron chi connectivity index (χ0n) is 12.3. The van der Waals surface area contributed by atoms with Crippen LogP contribution in [0.25, 0.3) is 0 Å². The number of sulfonamides is 1.